The molecular formula is C33H42FN3OS. The Morgan fingerprint density at radius 2 is 1.77 bits per heavy atom. The molecule has 2 aromatic rings. The fourth-order valence-electron chi connectivity index (χ4n) is 4.80. The van der Waals surface area contributed by atoms with Crippen molar-refractivity contribution in [2.75, 3.05) is 11.6 Å². The zero-order valence-corrected chi connectivity index (χ0v) is 24.1. The predicted molar refractivity (Wildman–Crippen MR) is 166 cm³/mol. The zero-order chi connectivity index (χ0) is 27.9. The van der Waals surface area contributed by atoms with Gasteiger partial charge in [0, 0.05) is 35.8 Å². The quantitative estimate of drug-likeness (QED) is 0.133. The number of hydrogen-bond acceptors (Lipinski definition) is 4. The van der Waals surface area contributed by atoms with E-state index in [1.54, 1.807) is 18.5 Å². The van der Waals surface area contributed by atoms with E-state index in [2.05, 4.69) is 59.7 Å². The lowest BCUT2D eigenvalue weighted by molar-refractivity contribution is 0.530. The van der Waals surface area contributed by atoms with E-state index in [9.17, 15) is 4.55 Å². The van der Waals surface area contributed by atoms with Crippen LogP contribution in [0.3, 0.4) is 0 Å². The Morgan fingerprint density at radius 3 is 2.54 bits per heavy atom. The minimum atomic E-state index is -0.825. The molecule has 6 heteroatoms. The molecule has 2 atom stereocenters. The predicted octanol–water partition coefficient (Wildman–Crippen LogP) is 8.48. The van der Waals surface area contributed by atoms with E-state index in [0.29, 0.717) is 11.4 Å². The standard InChI is InChI=1S/C33H42FN3OS/c1-26(10-7-12-28-13-8-16-31(24-28)36-23-9-21-35)33-32(34)30(15-5-6-22-37-33)14-4-3-11-27-17-19-29(20-18-27)25-39(2)38/h8-9,13,15-24,26,35-36H,3-7,10-12,14,25H2,1-2H3/b23-9-,30-15-,33-32+,35-21?,37-22-. The van der Waals surface area contributed by atoms with Crippen LogP contribution in [0.15, 0.2) is 89.0 Å². The van der Waals surface area contributed by atoms with Gasteiger partial charge in [0.1, 0.15) is 11.6 Å². The molecule has 2 N–H and O–H groups in total. The summed E-state index contributed by atoms with van der Waals surface area (Å²) in [6.07, 6.45) is 18.4. The largest absolute Gasteiger partial charge is 0.616 e. The number of nitrogens with zero attached hydrogens (tertiary/aromatic N) is 1. The number of rotatable bonds is 15. The highest BCUT2D eigenvalue weighted by atomic mass is 32.2. The van der Waals surface area contributed by atoms with Gasteiger partial charge in [0.2, 0.25) is 0 Å². The number of allylic oxidation sites excluding steroid dienone is 5. The third kappa shape index (κ3) is 11.0. The van der Waals surface area contributed by atoms with Gasteiger partial charge < -0.3 is 15.3 Å². The number of hydrogen-bond donors (Lipinski definition) is 2. The van der Waals surface area contributed by atoms with Crippen molar-refractivity contribution in [3.05, 3.63) is 101 Å². The smallest absolute Gasteiger partial charge is 0.147 e. The fraction of sp³-hybridized carbons (Fsp3) is 0.394. The molecule has 2 aromatic carbocycles. The molecule has 0 aromatic heterocycles. The maximum absolute atomic E-state index is 15.7. The third-order valence-corrected chi connectivity index (χ3v) is 7.66. The van der Waals surface area contributed by atoms with Crippen molar-refractivity contribution >= 4 is 29.3 Å². The summed E-state index contributed by atoms with van der Waals surface area (Å²) in [6, 6.07) is 16.6. The van der Waals surface area contributed by atoms with Crippen LogP contribution in [0.2, 0.25) is 0 Å². The van der Waals surface area contributed by atoms with Crippen LogP contribution in [0.25, 0.3) is 0 Å². The molecule has 1 heterocycles. The molecule has 4 nitrogen and oxygen atoms in total. The van der Waals surface area contributed by atoms with Gasteiger partial charge in [-0.3, -0.25) is 4.99 Å². The Morgan fingerprint density at radius 1 is 1.03 bits per heavy atom. The van der Waals surface area contributed by atoms with Gasteiger partial charge in [0.25, 0.3) is 0 Å². The maximum atomic E-state index is 15.7. The van der Waals surface area contributed by atoms with Gasteiger partial charge in [-0.2, -0.15) is 0 Å². The SMILES string of the molecule is CC(CCCc1cccc(N/C=C\C=N)c1)C1=C(F)/C(CCCCc2ccc(C[S+](C)[O-])cc2)=C\CC/C=N\1. The number of halogens is 1. The van der Waals surface area contributed by atoms with Crippen molar-refractivity contribution in [2.24, 2.45) is 10.9 Å². The summed E-state index contributed by atoms with van der Waals surface area (Å²) in [5.41, 5.74) is 6.01. The van der Waals surface area contributed by atoms with Crippen molar-refractivity contribution in [2.45, 2.75) is 70.5 Å². The van der Waals surface area contributed by atoms with Gasteiger partial charge in [-0.25, -0.2) is 4.39 Å². The van der Waals surface area contributed by atoms with E-state index in [4.69, 9.17) is 5.41 Å². The normalized spacial score (nSPS) is 19.5. The number of aliphatic imine (C=N–C) groups is 1. The van der Waals surface area contributed by atoms with Gasteiger partial charge in [-0.05, 0) is 92.7 Å². The van der Waals surface area contributed by atoms with Crippen LogP contribution in [0.4, 0.5) is 10.1 Å². The molecule has 2 unspecified atom stereocenters. The fourth-order valence-corrected chi connectivity index (χ4v) is 5.46. The van der Waals surface area contributed by atoms with Crippen molar-refractivity contribution in [1.82, 2.24) is 0 Å². The number of unbranched alkanes of at least 4 members (excludes halogenated alkanes) is 1. The molecule has 1 aliphatic heterocycles. The maximum Gasteiger partial charge on any atom is 0.147 e. The van der Waals surface area contributed by atoms with Crippen LogP contribution >= 0.6 is 0 Å². The summed E-state index contributed by atoms with van der Waals surface area (Å²) in [6.45, 7) is 2.09. The van der Waals surface area contributed by atoms with Crippen molar-refractivity contribution in [3.63, 3.8) is 0 Å². The summed E-state index contributed by atoms with van der Waals surface area (Å²) in [7, 11) is 0. The molecule has 0 aliphatic carbocycles. The minimum Gasteiger partial charge on any atom is -0.616 e. The second kappa shape index (κ2) is 16.9. The third-order valence-electron chi connectivity index (χ3n) is 6.92. The first-order chi connectivity index (χ1) is 19.0. The van der Waals surface area contributed by atoms with Crippen molar-refractivity contribution in [1.29, 1.82) is 5.41 Å². The average Bonchev–Trinajstić information content (AvgIpc) is 2.91. The molecule has 0 saturated carbocycles. The summed E-state index contributed by atoms with van der Waals surface area (Å²) >= 11 is -0.825. The summed E-state index contributed by atoms with van der Waals surface area (Å²) in [4.78, 5) is 4.58. The summed E-state index contributed by atoms with van der Waals surface area (Å²) < 4.78 is 27.1. The van der Waals surface area contributed by atoms with Crippen LogP contribution in [-0.2, 0) is 29.8 Å². The Balaban J connectivity index is 1.51. The topological polar surface area (TPSA) is 71.3 Å². The first kappa shape index (κ1) is 30.6. The minimum absolute atomic E-state index is 0.0514. The molecule has 3 rings (SSSR count). The summed E-state index contributed by atoms with van der Waals surface area (Å²) in [5, 5.41) is 10.2. The molecule has 0 saturated heterocycles. The second-order valence-corrected chi connectivity index (χ2v) is 11.7. The van der Waals surface area contributed by atoms with Crippen LogP contribution in [0, 0.1) is 11.3 Å². The van der Waals surface area contributed by atoms with E-state index in [1.165, 1.54) is 17.3 Å². The van der Waals surface area contributed by atoms with Crippen molar-refractivity contribution in [3.8, 4) is 0 Å². The Kier molecular flexibility index (Phi) is 13.2. The first-order valence-electron chi connectivity index (χ1n) is 14.0. The Bertz CT molecular complexity index is 1170. The van der Waals surface area contributed by atoms with Gasteiger partial charge >= 0.3 is 0 Å². The molecule has 1 aliphatic rings. The molecule has 0 bridgehead atoms. The van der Waals surface area contributed by atoms with E-state index in [-0.39, 0.29) is 11.7 Å². The highest BCUT2D eigenvalue weighted by molar-refractivity contribution is 7.89. The van der Waals surface area contributed by atoms with Crippen LogP contribution in [-0.4, -0.2) is 23.2 Å². The molecule has 0 radical (unpaired) electrons. The molecule has 0 amide bonds. The zero-order valence-electron chi connectivity index (χ0n) is 23.3. The number of nitrogens with one attached hydrogen (secondary N) is 2. The number of benzene rings is 2. The summed E-state index contributed by atoms with van der Waals surface area (Å²) in [5.74, 6) is 0.522. The van der Waals surface area contributed by atoms with Gasteiger partial charge in [0.15, 0.2) is 0 Å². The molecule has 39 heavy (non-hydrogen) atoms. The first-order valence-corrected chi connectivity index (χ1v) is 15.7. The highest BCUT2D eigenvalue weighted by Gasteiger charge is 2.18. The van der Waals surface area contributed by atoms with E-state index in [1.807, 2.05) is 18.3 Å². The lowest BCUT2D eigenvalue weighted by Gasteiger charge is -2.17. The number of anilines is 1. The van der Waals surface area contributed by atoms with Crippen LogP contribution < -0.4 is 5.32 Å². The van der Waals surface area contributed by atoms with E-state index in [0.717, 1.165) is 74.6 Å². The van der Waals surface area contributed by atoms with Crippen LogP contribution in [0.5, 0.6) is 0 Å². The number of aryl methyl sites for hydroxylation is 2. The molecule has 208 valence electrons. The monoisotopic (exact) mass is 547 g/mol. The molecule has 0 spiro atoms. The highest BCUT2D eigenvalue weighted by Crippen LogP contribution is 2.31. The lowest BCUT2D eigenvalue weighted by atomic mass is 9.94. The second-order valence-electron chi connectivity index (χ2n) is 10.2. The Labute approximate surface area is 236 Å². The van der Waals surface area contributed by atoms with Gasteiger partial charge in [-0.1, -0.05) is 60.6 Å². The molecular weight excluding hydrogens is 505 g/mol. The van der Waals surface area contributed by atoms with Crippen molar-refractivity contribution < 1.29 is 8.94 Å². The average molecular weight is 548 g/mol. The van der Waals surface area contributed by atoms with E-state index >= 15 is 4.39 Å². The lowest BCUT2D eigenvalue weighted by Crippen LogP contribution is -2.05. The van der Waals surface area contributed by atoms with E-state index < -0.39 is 11.2 Å². The molecule has 0 fully saturated rings. The Hall–Kier alpha value is -2.96. The van der Waals surface area contributed by atoms with Gasteiger partial charge in [0.05, 0.1) is 12.0 Å². The van der Waals surface area contributed by atoms with Gasteiger partial charge in [-0.15, -0.1) is 0 Å². The van der Waals surface area contributed by atoms with Crippen LogP contribution in [0.1, 0.15) is 68.6 Å².